The second kappa shape index (κ2) is 9.28. The summed E-state index contributed by atoms with van der Waals surface area (Å²) in [6.45, 7) is 1.86. The van der Waals surface area contributed by atoms with E-state index in [1.165, 1.54) is 48.7 Å². The molecule has 1 aliphatic rings. The number of anilines is 1. The summed E-state index contributed by atoms with van der Waals surface area (Å²) in [7, 11) is -2.40. The lowest BCUT2D eigenvalue weighted by molar-refractivity contribution is -0.114. The highest BCUT2D eigenvalue weighted by atomic mass is 32.2. The van der Waals surface area contributed by atoms with Crippen molar-refractivity contribution in [2.45, 2.75) is 30.6 Å². The molecular formula is C22H23FN4O5S. The zero-order chi connectivity index (χ0) is 23.6. The molecule has 1 fully saturated rings. The molecular weight excluding hydrogens is 451 g/mol. The molecule has 9 nitrogen and oxygen atoms in total. The van der Waals surface area contributed by atoms with E-state index in [4.69, 9.17) is 9.15 Å². The largest absolute Gasteiger partial charge is 0.495 e. The Morgan fingerprint density at radius 1 is 1.21 bits per heavy atom. The van der Waals surface area contributed by atoms with Crippen LogP contribution in [0.25, 0.3) is 11.5 Å². The van der Waals surface area contributed by atoms with Gasteiger partial charge in [0.15, 0.2) is 0 Å². The molecule has 33 heavy (non-hydrogen) atoms. The van der Waals surface area contributed by atoms with Gasteiger partial charge in [-0.3, -0.25) is 4.79 Å². The van der Waals surface area contributed by atoms with Crippen LogP contribution in [0.5, 0.6) is 5.75 Å². The Balaban J connectivity index is 1.56. The van der Waals surface area contributed by atoms with Crippen molar-refractivity contribution in [3.05, 3.63) is 54.2 Å². The monoisotopic (exact) mass is 474 g/mol. The molecule has 0 bridgehead atoms. The van der Waals surface area contributed by atoms with E-state index in [1.807, 2.05) is 0 Å². The molecule has 1 N–H and O–H groups in total. The van der Waals surface area contributed by atoms with Crippen LogP contribution in [-0.4, -0.2) is 49.0 Å². The molecule has 1 unspecified atom stereocenters. The van der Waals surface area contributed by atoms with Crippen molar-refractivity contribution >= 4 is 21.6 Å². The van der Waals surface area contributed by atoms with Crippen LogP contribution in [0.4, 0.5) is 10.1 Å². The Morgan fingerprint density at radius 3 is 2.67 bits per heavy atom. The quantitative estimate of drug-likeness (QED) is 0.582. The third kappa shape index (κ3) is 4.88. The first-order valence-electron chi connectivity index (χ1n) is 10.3. The van der Waals surface area contributed by atoms with Crippen LogP contribution in [0, 0.1) is 5.82 Å². The van der Waals surface area contributed by atoms with Gasteiger partial charge in [0.2, 0.25) is 27.7 Å². The van der Waals surface area contributed by atoms with Gasteiger partial charge in [-0.2, -0.15) is 4.31 Å². The van der Waals surface area contributed by atoms with E-state index in [1.54, 1.807) is 12.1 Å². The molecule has 0 saturated carbocycles. The van der Waals surface area contributed by atoms with Crippen LogP contribution in [0.3, 0.4) is 0 Å². The number of amides is 1. The summed E-state index contributed by atoms with van der Waals surface area (Å²) >= 11 is 0. The first-order valence-corrected chi connectivity index (χ1v) is 11.8. The normalized spacial score (nSPS) is 17.0. The maximum absolute atomic E-state index is 13.3. The lowest BCUT2D eigenvalue weighted by Gasteiger charge is -2.30. The summed E-state index contributed by atoms with van der Waals surface area (Å²) in [4.78, 5) is 11.5. The lowest BCUT2D eigenvalue weighted by Crippen LogP contribution is -2.39. The molecule has 2 aromatic carbocycles. The summed E-state index contributed by atoms with van der Waals surface area (Å²) in [5.74, 6) is -0.0350. The van der Waals surface area contributed by atoms with Gasteiger partial charge in [-0.05, 0) is 55.3 Å². The molecule has 11 heteroatoms. The van der Waals surface area contributed by atoms with E-state index in [0.29, 0.717) is 36.6 Å². The molecule has 1 atom stereocenters. The van der Waals surface area contributed by atoms with Crippen molar-refractivity contribution in [3.63, 3.8) is 0 Å². The minimum atomic E-state index is -3.84. The molecule has 1 aliphatic heterocycles. The van der Waals surface area contributed by atoms with Gasteiger partial charge in [0, 0.05) is 25.6 Å². The van der Waals surface area contributed by atoms with Gasteiger partial charge in [0.1, 0.15) is 11.6 Å². The van der Waals surface area contributed by atoms with Crippen molar-refractivity contribution in [1.82, 2.24) is 14.5 Å². The van der Waals surface area contributed by atoms with E-state index in [2.05, 4.69) is 15.5 Å². The predicted molar refractivity (Wildman–Crippen MR) is 118 cm³/mol. The average molecular weight is 475 g/mol. The number of hydrogen-bond donors (Lipinski definition) is 1. The second-order valence-electron chi connectivity index (χ2n) is 7.70. The summed E-state index contributed by atoms with van der Waals surface area (Å²) in [6.07, 6.45) is 1.31. The molecule has 0 spiro atoms. The van der Waals surface area contributed by atoms with Crippen LogP contribution < -0.4 is 10.1 Å². The Morgan fingerprint density at radius 2 is 1.97 bits per heavy atom. The molecule has 0 aliphatic carbocycles. The fourth-order valence-electron chi connectivity index (χ4n) is 3.75. The maximum Gasteiger partial charge on any atom is 0.247 e. The van der Waals surface area contributed by atoms with Gasteiger partial charge < -0.3 is 14.5 Å². The number of nitrogens with zero attached hydrogens (tertiary/aromatic N) is 3. The Kier molecular flexibility index (Phi) is 6.43. The number of piperidine rings is 1. The second-order valence-corrected chi connectivity index (χ2v) is 9.64. The number of benzene rings is 2. The molecule has 174 valence electrons. The first kappa shape index (κ1) is 22.9. The van der Waals surface area contributed by atoms with Crippen LogP contribution in [-0.2, 0) is 14.8 Å². The lowest BCUT2D eigenvalue weighted by atomic mass is 10.00. The number of sulfonamides is 1. The number of carbonyl (C=O) groups excluding carboxylic acids is 1. The zero-order valence-corrected chi connectivity index (χ0v) is 18.9. The molecule has 1 amide bonds. The van der Waals surface area contributed by atoms with Crippen LogP contribution in [0.1, 0.15) is 31.6 Å². The number of hydrogen-bond acceptors (Lipinski definition) is 7. The summed E-state index contributed by atoms with van der Waals surface area (Å²) < 4.78 is 52.2. The number of ether oxygens (including phenoxy) is 1. The highest BCUT2D eigenvalue weighted by Gasteiger charge is 2.33. The highest BCUT2D eigenvalue weighted by molar-refractivity contribution is 7.89. The minimum Gasteiger partial charge on any atom is -0.495 e. The molecule has 1 aromatic heterocycles. The summed E-state index contributed by atoms with van der Waals surface area (Å²) in [6, 6.07) is 10.0. The van der Waals surface area contributed by atoms with Crippen LogP contribution in [0.15, 0.2) is 51.8 Å². The smallest absolute Gasteiger partial charge is 0.247 e. The predicted octanol–water partition coefficient (Wildman–Crippen LogP) is 3.41. The van der Waals surface area contributed by atoms with Crippen molar-refractivity contribution < 1.29 is 26.8 Å². The van der Waals surface area contributed by atoms with Crippen molar-refractivity contribution in [3.8, 4) is 17.2 Å². The third-order valence-electron chi connectivity index (χ3n) is 5.38. The number of carbonyl (C=O) groups is 1. The van der Waals surface area contributed by atoms with Gasteiger partial charge in [-0.15, -0.1) is 10.2 Å². The average Bonchev–Trinajstić information content (AvgIpc) is 3.29. The Bertz CT molecular complexity index is 1260. The SMILES string of the molecule is COc1ccc(S(=O)(=O)N2CCCC(c3nnc(-c4ccc(F)cc4)o3)C2)cc1NC(C)=O. The van der Waals surface area contributed by atoms with Crippen molar-refractivity contribution in [2.75, 3.05) is 25.5 Å². The van der Waals surface area contributed by atoms with Crippen LogP contribution in [0.2, 0.25) is 0 Å². The van der Waals surface area contributed by atoms with E-state index < -0.39 is 10.0 Å². The highest BCUT2D eigenvalue weighted by Crippen LogP contribution is 2.33. The van der Waals surface area contributed by atoms with Gasteiger partial charge in [0.25, 0.3) is 0 Å². The van der Waals surface area contributed by atoms with E-state index in [0.717, 1.165) is 0 Å². The minimum absolute atomic E-state index is 0.0465. The van der Waals surface area contributed by atoms with E-state index >= 15 is 0 Å². The molecule has 0 radical (unpaired) electrons. The van der Waals surface area contributed by atoms with Gasteiger partial charge in [0.05, 0.1) is 23.6 Å². The number of methoxy groups -OCH3 is 1. The summed E-state index contributed by atoms with van der Waals surface area (Å²) in [5, 5.41) is 10.7. The molecule has 1 saturated heterocycles. The summed E-state index contributed by atoms with van der Waals surface area (Å²) in [5.41, 5.74) is 0.861. The fourth-order valence-corrected chi connectivity index (χ4v) is 5.31. The van der Waals surface area contributed by atoms with Gasteiger partial charge >= 0.3 is 0 Å². The Labute approximate surface area is 190 Å². The van der Waals surface area contributed by atoms with E-state index in [9.17, 15) is 17.6 Å². The number of aromatic nitrogens is 2. The first-order chi connectivity index (χ1) is 15.8. The van der Waals surface area contributed by atoms with Crippen molar-refractivity contribution in [2.24, 2.45) is 0 Å². The van der Waals surface area contributed by atoms with E-state index in [-0.39, 0.29) is 40.7 Å². The zero-order valence-electron chi connectivity index (χ0n) is 18.1. The van der Waals surface area contributed by atoms with Gasteiger partial charge in [-0.25, -0.2) is 12.8 Å². The van der Waals surface area contributed by atoms with Crippen molar-refractivity contribution in [1.29, 1.82) is 0 Å². The van der Waals surface area contributed by atoms with Gasteiger partial charge in [-0.1, -0.05) is 0 Å². The standard InChI is InChI=1S/C22H23FN4O5S/c1-14(28)24-19-12-18(9-10-20(19)31-2)33(29,30)27-11-3-4-16(13-27)22-26-25-21(32-22)15-5-7-17(23)8-6-15/h5-10,12,16H,3-4,11,13H2,1-2H3,(H,24,28). The number of nitrogens with one attached hydrogen (secondary N) is 1. The maximum atomic E-state index is 13.3. The number of rotatable bonds is 6. The molecule has 3 aromatic rings. The van der Waals surface area contributed by atoms with Crippen LogP contribution >= 0.6 is 0 Å². The molecule has 4 rings (SSSR count). The Hall–Kier alpha value is -3.31. The topological polar surface area (TPSA) is 115 Å². The molecule has 2 heterocycles. The number of halogens is 1. The third-order valence-corrected chi connectivity index (χ3v) is 7.25. The fraction of sp³-hybridized carbons (Fsp3) is 0.318.